The fraction of sp³-hybridized carbons (Fsp3) is 0.458. The standard InChI is InChI=1S/C24H31FN6O/c1-2-26-24(29-20-11-14-31(17-20)23-21(25)9-5-12-27-23)28-15-18-7-3-4-8-19(18)16-30-13-6-10-22(30)32/h3-5,7-9,12,20H,2,6,10-11,13-17H2,1H3,(H2,26,28,29). The van der Waals surface area contributed by atoms with Crippen LogP contribution in [0.3, 0.4) is 0 Å². The lowest BCUT2D eigenvalue weighted by Crippen LogP contribution is -2.44. The van der Waals surface area contributed by atoms with Crippen LogP contribution in [0.1, 0.15) is 37.3 Å². The molecule has 2 aliphatic heterocycles. The highest BCUT2D eigenvalue weighted by Crippen LogP contribution is 2.21. The van der Waals surface area contributed by atoms with E-state index in [-0.39, 0.29) is 17.8 Å². The minimum absolute atomic E-state index is 0.159. The number of carbonyl (C=O) groups is 1. The van der Waals surface area contributed by atoms with Gasteiger partial charge in [-0.2, -0.15) is 0 Å². The second kappa shape index (κ2) is 10.4. The van der Waals surface area contributed by atoms with Crippen LogP contribution in [0, 0.1) is 5.82 Å². The quantitative estimate of drug-likeness (QED) is 0.514. The van der Waals surface area contributed by atoms with Crippen molar-refractivity contribution in [2.24, 2.45) is 4.99 Å². The lowest BCUT2D eigenvalue weighted by molar-refractivity contribution is -0.128. The first-order chi connectivity index (χ1) is 15.6. The molecule has 0 aliphatic carbocycles. The molecule has 0 bridgehead atoms. The fourth-order valence-corrected chi connectivity index (χ4v) is 4.30. The molecule has 0 spiro atoms. The summed E-state index contributed by atoms with van der Waals surface area (Å²) in [6, 6.07) is 11.4. The molecular formula is C24H31FN6O. The summed E-state index contributed by atoms with van der Waals surface area (Å²) in [5.74, 6) is 1.09. The van der Waals surface area contributed by atoms with Crippen LogP contribution in [0.5, 0.6) is 0 Å². The van der Waals surface area contributed by atoms with E-state index < -0.39 is 0 Å². The molecule has 2 aromatic rings. The van der Waals surface area contributed by atoms with Crippen LogP contribution in [-0.2, 0) is 17.9 Å². The summed E-state index contributed by atoms with van der Waals surface area (Å²) < 4.78 is 14.1. The number of pyridine rings is 1. The van der Waals surface area contributed by atoms with Crippen LogP contribution in [0.15, 0.2) is 47.6 Å². The van der Waals surface area contributed by atoms with Crippen molar-refractivity contribution in [3.05, 3.63) is 59.5 Å². The predicted octanol–water partition coefficient (Wildman–Crippen LogP) is 2.68. The maximum absolute atomic E-state index is 14.1. The Balaban J connectivity index is 1.40. The number of hydrogen-bond donors (Lipinski definition) is 2. The Kier molecular flexibility index (Phi) is 7.19. The van der Waals surface area contributed by atoms with E-state index in [1.165, 1.54) is 6.07 Å². The van der Waals surface area contributed by atoms with E-state index >= 15 is 0 Å². The average molecular weight is 439 g/mol. The topological polar surface area (TPSA) is 72.9 Å². The molecule has 0 radical (unpaired) electrons. The number of likely N-dealkylation sites (tertiary alicyclic amines) is 1. The first-order valence-corrected chi connectivity index (χ1v) is 11.4. The molecule has 7 nitrogen and oxygen atoms in total. The Labute approximate surface area is 188 Å². The Morgan fingerprint density at radius 3 is 2.81 bits per heavy atom. The van der Waals surface area contributed by atoms with Crippen LogP contribution in [-0.4, -0.2) is 54.0 Å². The van der Waals surface area contributed by atoms with Crippen LogP contribution in [0.4, 0.5) is 10.2 Å². The van der Waals surface area contributed by atoms with Crippen LogP contribution < -0.4 is 15.5 Å². The van der Waals surface area contributed by atoms with Crippen molar-refractivity contribution in [2.45, 2.75) is 45.3 Å². The van der Waals surface area contributed by atoms with Gasteiger partial charge in [0, 0.05) is 51.4 Å². The lowest BCUT2D eigenvalue weighted by Gasteiger charge is -2.20. The third kappa shape index (κ3) is 5.36. The van der Waals surface area contributed by atoms with E-state index in [0.717, 1.165) is 49.6 Å². The molecule has 4 rings (SSSR count). The number of aliphatic imine (C=N–C) groups is 1. The zero-order valence-corrected chi connectivity index (χ0v) is 18.6. The summed E-state index contributed by atoms with van der Waals surface area (Å²) in [5.41, 5.74) is 2.26. The molecule has 2 fully saturated rings. The maximum Gasteiger partial charge on any atom is 0.222 e. The molecule has 2 aliphatic rings. The van der Waals surface area contributed by atoms with Gasteiger partial charge in [-0.3, -0.25) is 4.79 Å². The number of rotatable bonds is 7. The van der Waals surface area contributed by atoms with Gasteiger partial charge in [0.15, 0.2) is 17.6 Å². The van der Waals surface area contributed by atoms with E-state index in [9.17, 15) is 9.18 Å². The minimum atomic E-state index is -0.290. The Hall–Kier alpha value is -3.16. The SMILES string of the molecule is CCNC(=NCc1ccccc1CN1CCCC1=O)NC1CCN(c2ncccc2F)C1. The second-order valence-corrected chi connectivity index (χ2v) is 8.27. The monoisotopic (exact) mass is 438 g/mol. The molecule has 2 N–H and O–H groups in total. The summed E-state index contributed by atoms with van der Waals surface area (Å²) in [7, 11) is 0. The van der Waals surface area contributed by atoms with Crippen molar-refractivity contribution in [3.63, 3.8) is 0 Å². The predicted molar refractivity (Wildman–Crippen MR) is 124 cm³/mol. The fourth-order valence-electron chi connectivity index (χ4n) is 4.30. The van der Waals surface area contributed by atoms with Crippen molar-refractivity contribution >= 4 is 17.7 Å². The van der Waals surface area contributed by atoms with Crippen molar-refractivity contribution in [3.8, 4) is 0 Å². The highest BCUT2D eigenvalue weighted by molar-refractivity contribution is 5.80. The molecule has 1 atom stereocenters. The zero-order chi connectivity index (χ0) is 22.3. The molecule has 1 aromatic heterocycles. The number of nitrogens with zero attached hydrogens (tertiary/aromatic N) is 4. The molecule has 170 valence electrons. The average Bonchev–Trinajstić information content (AvgIpc) is 3.42. The number of amides is 1. The highest BCUT2D eigenvalue weighted by Gasteiger charge is 2.26. The van der Waals surface area contributed by atoms with Crippen molar-refractivity contribution in [1.82, 2.24) is 20.5 Å². The molecule has 1 amide bonds. The highest BCUT2D eigenvalue weighted by atomic mass is 19.1. The van der Waals surface area contributed by atoms with Crippen molar-refractivity contribution in [1.29, 1.82) is 0 Å². The maximum atomic E-state index is 14.1. The lowest BCUT2D eigenvalue weighted by atomic mass is 10.1. The summed E-state index contributed by atoms with van der Waals surface area (Å²) in [5, 5.41) is 6.80. The summed E-state index contributed by atoms with van der Waals surface area (Å²) >= 11 is 0. The Morgan fingerprint density at radius 2 is 2.06 bits per heavy atom. The number of carbonyl (C=O) groups excluding carboxylic acids is 1. The number of guanidine groups is 1. The largest absolute Gasteiger partial charge is 0.357 e. The van der Waals surface area contributed by atoms with Crippen molar-refractivity contribution in [2.75, 3.05) is 31.1 Å². The molecule has 0 saturated carbocycles. The molecule has 1 aromatic carbocycles. The van der Waals surface area contributed by atoms with Gasteiger partial charge in [-0.1, -0.05) is 24.3 Å². The van der Waals surface area contributed by atoms with Crippen molar-refractivity contribution < 1.29 is 9.18 Å². The molecule has 3 heterocycles. The summed E-state index contributed by atoms with van der Waals surface area (Å²) in [6.07, 6.45) is 4.09. The molecule has 1 unspecified atom stereocenters. The number of aromatic nitrogens is 1. The summed E-state index contributed by atoms with van der Waals surface area (Å²) in [6.45, 7) is 6.20. The van der Waals surface area contributed by atoms with Crippen LogP contribution >= 0.6 is 0 Å². The van der Waals surface area contributed by atoms with Gasteiger partial charge >= 0.3 is 0 Å². The minimum Gasteiger partial charge on any atom is -0.357 e. The van der Waals surface area contributed by atoms with Gasteiger partial charge in [0.05, 0.1) is 6.54 Å². The smallest absolute Gasteiger partial charge is 0.222 e. The second-order valence-electron chi connectivity index (χ2n) is 8.27. The Morgan fingerprint density at radius 1 is 1.22 bits per heavy atom. The van der Waals surface area contributed by atoms with Gasteiger partial charge in [-0.25, -0.2) is 14.4 Å². The first-order valence-electron chi connectivity index (χ1n) is 11.4. The van der Waals surface area contributed by atoms with E-state index in [2.05, 4.69) is 27.8 Å². The third-order valence-electron chi connectivity index (χ3n) is 5.97. The first kappa shape index (κ1) is 22.0. The van der Waals surface area contributed by atoms with E-state index in [1.807, 2.05) is 28.9 Å². The van der Waals surface area contributed by atoms with Gasteiger partial charge in [-0.15, -0.1) is 0 Å². The van der Waals surface area contributed by atoms with Gasteiger partial charge in [0.25, 0.3) is 0 Å². The molecule has 8 heteroatoms. The van der Waals surface area contributed by atoms with Gasteiger partial charge < -0.3 is 20.4 Å². The van der Waals surface area contributed by atoms with Gasteiger partial charge in [-0.05, 0) is 43.0 Å². The van der Waals surface area contributed by atoms with Gasteiger partial charge in [0.2, 0.25) is 5.91 Å². The number of hydrogen-bond acceptors (Lipinski definition) is 4. The number of anilines is 1. The van der Waals surface area contributed by atoms with E-state index in [0.29, 0.717) is 31.9 Å². The number of nitrogens with one attached hydrogen (secondary N) is 2. The Bertz CT molecular complexity index is 965. The molecule has 32 heavy (non-hydrogen) atoms. The van der Waals surface area contributed by atoms with Crippen LogP contribution in [0.25, 0.3) is 0 Å². The normalized spacial score (nSPS) is 19.0. The molecule has 2 saturated heterocycles. The van der Waals surface area contributed by atoms with E-state index in [1.54, 1.807) is 12.3 Å². The van der Waals surface area contributed by atoms with Crippen LogP contribution in [0.2, 0.25) is 0 Å². The summed E-state index contributed by atoms with van der Waals surface area (Å²) in [4.78, 5) is 24.9. The van der Waals surface area contributed by atoms with E-state index in [4.69, 9.17) is 4.99 Å². The zero-order valence-electron chi connectivity index (χ0n) is 18.6. The van der Waals surface area contributed by atoms with Gasteiger partial charge in [0.1, 0.15) is 0 Å². The number of halogens is 1. The molecular weight excluding hydrogens is 407 g/mol. The number of benzene rings is 1. The third-order valence-corrected chi connectivity index (χ3v) is 5.97.